The highest BCUT2D eigenvalue weighted by Crippen LogP contribution is 2.54. The van der Waals surface area contributed by atoms with Crippen molar-refractivity contribution in [3.63, 3.8) is 0 Å². The molecule has 178 valence electrons. The summed E-state index contributed by atoms with van der Waals surface area (Å²) < 4.78 is 42.6. The monoisotopic (exact) mass is 443 g/mol. The molecule has 0 bridgehead atoms. The Kier molecular flexibility index (Phi) is 8.49. The van der Waals surface area contributed by atoms with E-state index in [1.807, 2.05) is 6.92 Å². The molecule has 0 aromatic carbocycles. The van der Waals surface area contributed by atoms with Crippen LogP contribution in [0.5, 0.6) is 0 Å². The molecule has 1 saturated heterocycles. The Morgan fingerprint density at radius 3 is 2.23 bits per heavy atom. The van der Waals surface area contributed by atoms with Crippen molar-refractivity contribution in [2.24, 2.45) is 22.2 Å². The van der Waals surface area contributed by atoms with Crippen LogP contribution in [0.25, 0.3) is 0 Å². The second kappa shape index (κ2) is 10.1. The maximum atomic E-state index is 15.6. The van der Waals surface area contributed by atoms with Crippen molar-refractivity contribution >= 4 is 5.97 Å². The van der Waals surface area contributed by atoms with E-state index in [4.69, 9.17) is 9.47 Å². The van der Waals surface area contributed by atoms with E-state index in [2.05, 4.69) is 6.07 Å². The maximum absolute atomic E-state index is 15.6. The van der Waals surface area contributed by atoms with Gasteiger partial charge in [-0.25, -0.2) is 8.78 Å². The normalized spacial score (nSPS) is 33.7. The third kappa shape index (κ3) is 6.38. The first-order chi connectivity index (χ1) is 14.4. The lowest BCUT2D eigenvalue weighted by Gasteiger charge is -2.49. The average Bonchev–Trinajstić information content (AvgIpc) is 2.67. The Hall–Kier alpha value is -1.26. The molecule has 1 aliphatic carbocycles. The summed E-state index contributed by atoms with van der Waals surface area (Å²) in [4.78, 5) is 11.8. The first-order valence-electron chi connectivity index (χ1n) is 11.6. The lowest BCUT2D eigenvalue weighted by Crippen LogP contribution is -2.51. The van der Waals surface area contributed by atoms with Crippen LogP contribution in [0.1, 0.15) is 86.0 Å². The zero-order valence-electron chi connectivity index (χ0n) is 19.6. The van der Waals surface area contributed by atoms with Gasteiger partial charge in [0.2, 0.25) is 0 Å². The summed E-state index contributed by atoms with van der Waals surface area (Å²) in [5, 5.41) is 19.4. The summed E-state index contributed by atoms with van der Waals surface area (Å²) >= 11 is 0. The number of nitrogens with zero attached hydrogens (tertiary/aromatic N) is 1. The van der Waals surface area contributed by atoms with Gasteiger partial charge in [-0.05, 0) is 64.7 Å². The summed E-state index contributed by atoms with van der Waals surface area (Å²) in [6.07, 6.45) is -0.273. The van der Waals surface area contributed by atoms with Gasteiger partial charge in [-0.3, -0.25) is 4.79 Å². The second-order valence-electron chi connectivity index (χ2n) is 10.8. The Balaban J connectivity index is 2.25. The molecule has 0 spiro atoms. The molecule has 1 N–H and O–H groups in total. The van der Waals surface area contributed by atoms with E-state index in [1.165, 1.54) is 0 Å². The van der Waals surface area contributed by atoms with Gasteiger partial charge in [-0.2, -0.15) is 5.26 Å². The van der Waals surface area contributed by atoms with Crippen LogP contribution in [-0.2, 0) is 14.3 Å². The minimum absolute atomic E-state index is 0.0590. The summed E-state index contributed by atoms with van der Waals surface area (Å²) in [5.74, 6) is -2.00. The minimum Gasteiger partial charge on any atom is -0.481 e. The molecule has 2 aliphatic rings. The fourth-order valence-corrected chi connectivity index (χ4v) is 5.65. The molecule has 0 radical (unpaired) electrons. The summed E-state index contributed by atoms with van der Waals surface area (Å²) in [5.41, 5.74) is -2.94. The van der Waals surface area contributed by atoms with Gasteiger partial charge in [0.1, 0.15) is 12.3 Å². The van der Waals surface area contributed by atoms with Crippen molar-refractivity contribution in [3.8, 4) is 6.07 Å². The van der Waals surface area contributed by atoms with Crippen LogP contribution < -0.4 is 0 Å². The topological polar surface area (TPSA) is 79.6 Å². The smallest absolute Gasteiger partial charge is 0.309 e. The number of halogens is 2. The Labute approximate surface area is 185 Å². The fraction of sp³-hybridized carbons (Fsp3) is 0.917. The van der Waals surface area contributed by atoms with Gasteiger partial charge < -0.3 is 14.6 Å². The van der Waals surface area contributed by atoms with Crippen LogP contribution in [0.15, 0.2) is 0 Å². The minimum atomic E-state index is -1.48. The summed E-state index contributed by atoms with van der Waals surface area (Å²) in [6.45, 7) is 9.19. The number of aliphatic carboxylic acids is 1. The molecule has 0 aromatic heterocycles. The van der Waals surface area contributed by atoms with Crippen LogP contribution in [0.4, 0.5) is 8.78 Å². The van der Waals surface area contributed by atoms with E-state index >= 15 is 8.78 Å². The van der Waals surface area contributed by atoms with Crippen LogP contribution in [0.2, 0.25) is 0 Å². The number of carbonyl (C=O) groups is 1. The number of nitriles is 1. The van der Waals surface area contributed by atoms with Crippen LogP contribution >= 0.6 is 0 Å². The Morgan fingerprint density at radius 1 is 1.16 bits per heavy atom. The predicted octanol–water partition coefficient (Wildman–Crippen LogP) is 5.82. The van der Waals surface area contributed by atoms with Gasteiger partial charge in [0, 0.05) is 25.4 Å². The predicted molar refractivity (Wildman–Crippen MR) is 114 cm³/mol. The first kappa shape index (κ1) is 26.0. The average molecular weight is 444 g/mol. The highest BCUT2D eigenvalue weighted by atomic mass is 19.1. The Bertz CT molecular complexity index is 648. The zero-order chi connectivity index (χ0) is 23.4. The molecule has 0 amide bonds. The molecule has 1 aliphatic heterocycles. The molecule has 2 rings (SSSR count). The largest absolute Gasteiger partial charge is 0.481 e. The van der Waals surface area contributed by atoms with Gasteiger partial charge in [0.15, 0.2) is 6.29 Å². The molecule has 1 saturated carbocycles. The number of hydrogen-bond donors (Lipinski definition) is 1. The number of ether oxygens (including phenoxy) is 2. The van der Waals surface area contributed by atoms with Crippen molar-refractivity contribution in [2.75, 3.05) is 6.61 Å². The van der Waals surface area contributed by atoms with Crippen LogP contribution in [0, 0.1) is 33.5 Å². The molecule has 0 aromatic rings. The van der Waals surface area contributed by atoms with Crippen LogP contribution in [-0.4, -0.2) is 42.4 Å². The van der Waals surface area contributed by atoms with Crippen LogP contribution in [0.3, 0.4) is 0 Å². The van der Waals surface area contributed by atoms with Crippen molar-refractivity contribution < 1.29 is 28.2 Å². The first-order valence-corrected chi connectivity index (χ1v) is 11.6. The zero-order valence-corrected chi connectivity index (χ0v) is 19.6. The number of rotatable bonds is 9. The molecule has 2 fully saturated rings. The highest BCUT2D eigenvalue weighted by Gasteiger charge is 2.53. The summed E-state index contributed by atoms with van der Waals surface area (Å²) in [7, 11) is 0. The third-order valence-corrected chi connectivity index (χ3v) is 7.31. The SMILES string of the molecule is CCC(C)(C#N)CC(C)(CC(C)(C)C(=O)O)C1C(F)CC(OC2CCCCO2)CC1F. The molecule has 1 heterocycles. The lowest BCUT2D eigenvalue weighted by atomic mass is 9.56. The van der Waals surface area contributed by atoms with Gasteiger partial charge in [-0.15, -0.1) is 0 Å². The molecule has 7 heteroatoms. The van der Waals surface area contributed by atoms with E-state index in [1.54, 1.807) is 27.7 Å². The van der Waals surface area contributed by atoms with E-state index in [-0.39, 0.29) is 25.7 Å². The van der Waals surface area contributed by atoms with E-state index < -0.39 is 52.9 Å². The standard InChI is InChI=1S/C24H39F2NO4/c1-6-23(4,15-27)14-24(5,13-22(2,3)21(28)29)20-17(25)11-16(12-18(20)26)31-19-9-7-8-10-30-19/h16-20H,6-14H2,1-5H3,(H,28,29). The van der Waals surface area contributed by atoms with Gasteiger partial charge >= 0.3 is 5.97 Å². The lowest BCUT2D eigenvalue weighted by molar-refractivity contribution is -0.209. The van der Waals surface area contributed by atoms with Gasteiger partial charge in [0.25, 0.3) is 0 Å². The molecule has 5 unspecified atom stereocenters. The van der Waals surface area contributed by atoms with Crippen molar-refractivity contribution in [2.45, 2.75) is 111 Å². The number of carboxylic acids is 1. The maximum Gasteiger partial charge on any atom is 0.309 e. The number of alkyl halides is 2. The Morgan fingerprint density at radius 2 is 1.77 bits per heavy atom. The second-order valence-corrected chi connectivity index (χ2v) is 10.8. The van der Waals surface area contributed by atoms with Crippen molar-refractivity contribution in [1.29, 1.82) is 5.26 Å². The quantitative estimate of drug-likeness (QED) is 0.486. The highest BCUT2D eigenvalue weighted by molar-refractivity contribution is 5.73. The molecule has 31 heavy (non-hydrogen) atoms. The molecular formula is C24H39F2NO4. The van der Waals surface area contributed by atoms with E-state index in [0.29, 0.717) is 13.0 Å². The molecule has 5 nitrogen and oxygen atoms in total. The van der Waals surface area contributed by atoms with Gasteiger partial charge in [-0.1, -0.05) is 13.8 Å². The van der Waals surface area contributed by atoms with Crippen molar-refractivity contribution in [1.82, 2.24) is 0 Å². The van der Waals surface area contributed by atoms with Crippen molar-refractivity contribution in [3.05, 3.63) is 0 Å². The molecular weight excluding hydrogens is 404 g/mol. The summed E-state index contributed by atoms with van der Waals surface area (Å²) in [6, 6.07) is 2.30. The third-order valence-electron chi connectivity index (χ3n) is 7.31. The van der Waals surface area contributed by atoms with E-state index in [9.17, 15) is 15.2 Å². The molecule has 5 atom stereocenters. The fourth-order valence-electron chi connectivity index (χ4n) is 5.65. The number of carboxylic acid groups (broad SMARTS) is 1. The number of hydrogen-bond acceptors (Lipinski definition) is 4. The van der Waals surface area contributed by atoms with Gasteiger partial charge in [0.05, 0.1) is 23.0 Å². The van der Waals surface area contributed by atoms with E-state index in [0.717, 1.165) is 19.3 Å².